The van der Waals surface area contributed by atoms with Gasteiger partial charge in [0.05, 0.1) is 0 Å². The van der Waals surface area contributed by atoms with Crippen molar-refractivity contribution < 1.29 is 19.2 Å². The second kappa shape index (κ2) is 14.0. The van der Waals surface area contributed by atoms with Crippen LogP contribution in [-0.2, 0) is 19.2 Å². The van der Waals surface area contributed by atoms with E-state index < -0.39 is 12.1 Å². The SMILES string of the molecule is CC(C)[C@H]1NC(=O)[C@@H](C)NC(=O)CCCN(C(=O)CC[C@@H]2CCCN3CCCC[C@H]23)CCCNC1=O. The van der Waals surface area contributed by atoms with Crippen molar-refractivity contribution in [3.05, 3.63) is 0 Å². The van der Waals surface area contributed by atoms with Crippen LogP contribution in [0.4, 0.5) is 0 Å². The van der Waals surface area contributed by atoms with Crippen LogP contribution >= 0.6 is 0 Å². The van der Waals surface area contributed by atoms with E-state index in [9.17, 15) is 19.2 Å². The van der Waals surface area contributed by atoms with E-state index in [0.29, 0.717) is 50.9 Å². The minimum Gasteiger partial charge on any atom is -0.354 e. The molecule has 3 aliphatic rings. The fourth-order valence-electron chi connectivity index (χ4n) is 5.96. The van der Waals surface area contributed by atoms with Gasteiger partial charge >= 0.3 is 0 Å². The molecule has 3 fully saturated rings. The summed E-state index contributed by atoms with van der Waals surface area (Å²) in [6.07, 6.45) is 9.18. The number of carbonyl (C=O) groups excluding carboxylic acids is 4. The van der Waals surface area contributed by atoms with E-state index >= 15 is 0 Å². The summed E-state index contributed by atoms with van der Waals surface area (Å²) >= 11 is 0. The number of hydrogen-bond donors (Lipinski definition) is 3. The Morgan fingerprint density at radius 1 is 0.917 bits per heavy atom. The lowest BCUT2D eigenvalue weighted by atomic mass is 9.81. The maximum absolute atomic E-state index is 13.2. The normalized spacial score (nSPS) is 29.9. The van der Waals surface area contributed by atoms with Crippen LogP contribution in [0, 0.1) is 11.8 Å². The molecule has 4 amide bonds. The Morgan fingerprint density at radius 3 is 2.44 bits per heavy atom. The Kier molecular flexibility index (Phi) is 11.0. The van der Waals surface area contributed by atoms with Gasteiger partial charge in [0.15, 0.2) is 0 Å². The monoisotopic (exact) mass is 505 g/mol. The van der Waals surface area contributed by atoms with Gasteiger partial charge in [0.2, 0.25) is 23.6 Å². The Balaban J connectivity index is 1.58. The van der Waals surface area contributed by atoms with E-state index in [4.69, 9.17) is 0 Å². The highest BCUT2D eigenvalue weighted by Crippen LogP contribution is 2.33. The van der Waals surface area contributed by atoms with Gasteiger partial charge in [-0.1, -0.05) is 20.3 Å². The van der Waals surface area contributed by atoms with Crippen molar-refractivity contribution >= 4 is 23.6 Å². The molecule has 3 heterocycles. The minimum absolute atomic E-state index is 0.0921. The Morgan fingerprint density at radius 2 is 1.67 bits per heavy atom. The molecule has 0 aliphatic carbocycles. The molecule has 3 aliphatic heterocycles. The molecule has 9 nitrogen and oxygen atoms in total. The molecule has 0 saturated carbocycles. The minimum atomic E-state index is -0.732. The molecule has 0 unspecified atom stereocenters. The summed E-state index contributed by atoms with van der Waals surface area (Å²) in [5.74, 6) is -0.182. The average Bonchev–Trinajstić information content (AvgIpc) is 2.86. The zero-order chi connectivity index (χ0) is 26.1. The molecular formula is C27H47N5O4. The molecule has 0 aromatic rings. The zero-order valence-electron chi connectivity index (χ0n) is 22.5. The van der Waals surface area contributed by atoms with E-state index in [-0.39, 0.29) is 36.0 Å². The van der Waals surface area contributed by atoms with Gasteiger partial charge in [-0.25, -0.2) is 0 Å². The van der Waals surface area contributed by atoms with Crippen LogP contribution in [0.1, 0.15) is 85.0 Å². The molecule has 0 bridgehead atoms. The standard InChI is InChI=1S/C27H47N5O4/c1-19(2)25-27(36)28-14-8-18-32(17-7-11-23(33)29-20(3)26(35)30-25)24(34)13-12-21-9-6-16-31-15-5-4-10-22(21)31/h19-22,25H,4-18H2,1-3H3,(H,28,36)(H,29,33)(H,30,35)/t20-,21+,22-,25-/m1/s1. The van der Waals surface area contributed by atoms with Crippen molar-refractivity contribution in [1.29, 1.82) is 0 Å². The molecule has 0 spiro atoms. The third-order valence-corrected chi connectivity index (χ3v) is 8.06. The lowest BCUT2D eigenvalue weighted by Gasteiger charge is -2.44. The average molecular weight is 506 g/mol. The highest BCUT2D eigenvalue weighted by molar-refractivity contribution is 5.92. The fraction of sp³-hybridized carbons (Fsp3) is 0.852. The number of amides is 4. The van der Waals surface area contributed by atoms with E-state index in [2.05, 4.69) is 20.9 Å². The summed E-state index contributed by atoms with van der Waals surface area (Å²) in [6, 6.07) is -0.770. The Bertz CT molecular complexity index is 771. The van der Waals surface area contributed by atoms with E-state index in [1.165, 1.54) is 45.2 Å². The van der Waals surface area contributed by atoms with Crippen molar-refractivity contribution in [2.75, 3.05) is 32.7 Å². The van der Waals surface area contributed by atoms with Gasteiger partial charge in [-0.15, -0.1) is 0 Å². The number of nitrogens with zero attached hydrogens (tertiary/aromatic N) is 2. The van der Waals surface area contributed by atoms with Crippen molar-refractivity contribution in [3.8, 4) is 0 Å². The molecule has 0 aromatic heterocycles. The zero-order valence-corrected chi connectivity index (χ0v) is 22.5. The lowest BCUT2D eigenvalue weighted by molar-refractivity contribution is -0.133. The van der Waals surface area contributed by atoms with Gasteiger partial charge in [-0.3, -0.25) is 19.2 Å². The predicted octanol–water partition coefficient (Wildman–Crippen LogP) is 1.81. The number of rotatable bonds is 4. The first kappa shape index (κ1) is 28.4. The third-order valence-electron chi connectivity index (χ3n) is 8.06. The van der Waals surface area contributed by atoms with Crippen LogP contribution in [-0.4, -0.2) is 84.3 Å². The summed E-state index contributed by atoms with van der Waals surface area (Å²) in [7, 11) is 0. The third kappa shape index (κ3) is 8.18. The largest absolute Gasteiger partial charge is 0.354 e. The van der Waals surface area contributed by atoms with Gasteiger partial charge in [-0.05, 0) is 76.8 Å². The first-order valence-corrected chi connectivity index (χ1v) is 14.2. The van der Waals surface area contributed by atoms with Crippen molar-refractivity contribution in [1.82, 2.24) is 25.8 Å². The van der Waals surface area contributed by atoms with E-state index in [0.717, 1.165) is 6.42 Å². The fourth-order valence-corrected chi connectivity index (χ4v) is 5.96. The maximum Gasteiger partial charge on any atom is 0.242 e. The van der Waals surface area contributed by atoms with Gasteiger partial charge in [0, 0.05) is 38.5 Å². The lowest BCUT2D eigenvalue weighted by Crippen LogP contribution is -2.54. The van der Waals surface area contributed by atoms with Crippen LogP contribution in [0.3, 0.4) is 0 Å². The van der Waals surface area contributed by atoms with Gasteiger partial charge in [-0.2, -0.15) is 0 Å². The highest BCUT2D eigenvalue weighted by Gasteiger charge is 2.33. The number of carbonyl (C=O) groups is 4. The van der Waals surface area contributed by atoms with Crippen molar-refractivity contribution in [3.63, 3.8) is 0 Å². The van der Waals surface area contributed by atoms with Crippen molar-refractivity contribution in [2.24, 2.45) is 11.8 Å². The number of piperidine rings is 2. The van der Waals surface area contributed by atoms with Crippen LogP contribution in [0.5, 0.6) is 0 Å². The smallest absolute Gasteiger partial charge is 0.242 e. The predicted molar refractivity (Wildman–Crippen MR) is 139 cm³/mol. The molecule has 3 N–H and O–H groups in total. The summed E-state index contributed by atoms with van der Waals surface area (Å²) in [5, 5.41) is 8.41. The molecular weight excluding hydrogens is 458 g/mol. The van der Waals surface area contributed by atoms with Gasteiger partial charge < -0.3 is 25.8 Å². The number of nitrogens with one attached hydrogen (secondary N) is 3. The highest BCUT2D eigenvalue weighted by atomic mass is 16.2. The second-order valence-corrected chi connectivity index (χ2v) is 11.2. The quantitative estimate of drug-likeness (QED) is 0.540. The molecule has 3 rings (SSSR count). The van der Waals surface area contributed by atoms with Gasteiger partial charge in [0.25, 0.3) is 0 Å². The van der Waals surface area contributed by atoms with Gasteiger partial charge in [0.1, 0.15) is 12.1 Å². The first-order valence-electron chi connectivity index (χ1n) is 14.2. The van der Waals surface area contributed by atoms with E-state index in [1.807, 2.05) is 18.7 Å². The van der Waals surface area contributed by atoms with Crippen LogP contribution in [0.15, 0.2) is 0 Å². The van der Waals surface area contributed by atoms with Crippen molar-refractivity contribution in [2.45, 2.75) is 103 Å². The molecule has 3 saturated heterocycles. The summed E-state index contributed by atoms with van der Waals surface area (Å²) in [5.41, 5.74) is 0. The second-order valence-electron chi connectivity index (χ2n) is 11.2. The molecule has 0 aromatic carbocycles. The molecule has 204 valence electrons. The van der Waals surface area contributed by atoms with Crippen LogP contribution in [0.2, 0.25) is 0 Å². The first-order chi connectivity index (χ1) is 17.3. The Hall–Kier alpha value is -2.16. The van der Waals surface area contributed by atoms with Crippen LogP contribution in [0.25, 0.3) is 0 Å². The van der Waals surface area contributed by atoms with E-state index in [1.54, 1.807) is 6.92 Å². The number of fused-ring (bicyclic) bond motifs is 1. The Labute approximate surface area is 216 Å². The summed E-state index contributed by atoms with van der Waals surface area (Å²) in [6.45, 7) is 9.27. The molecule has 4 atom stereocenters. The van der Waals surface area contributed by atoms with Crippen LogP contribution < -0.4 is 16.0 Å². The number of hydrogen-bond acceptors (Lipinski definition) is 5. The maximum atomic E-state index is 13.2. The molecule has 9 heteroatoms. The molecule has 36 heavy (non-hydrogen) atoms. The molecule has 0 radical (unpaired) electrons. The summed E-state index contributed by atoms with van der Waals surface area (Å²) < 4.78 is 0. The topological polar surface area (TPSA) is 111 Å². The summed E-state index contributed by atoms with van der Waals surface area (Å²) in [4.78, 5) is 55.4.